The normalized spacial score (nSPS) is 21.0. The van der Waals surface area contributed by atoms with Crippen LogP contribution in [-0.2, 0) is 18.3 Å². The third-order valence-corrected chi connectivity index (χ3v) is 6.70. The van der Waals surface area contributed by atoms with Crippen molar-refractivity contribution >= 4 is 18.3 Å². The lowest BCUT2D eigenvalue weighted by Crippen LogP contribution is -2.50. The summed E-state index contributed by atoms with van der Waals surface area (Å²) in [6, 6.07) is 10.7. The van der Waals surface area contributed by atoms with Crippen LogP contribution in [0.15, 0.2) is 42.7 Å². The first-order valence-electron chi connectivity index (χ1n) is 10.7. The molecule has 0 radical (unpaired) electrons. The van der Waals surface area contributed by atoms with Crippen LogP contribution >= 0.6 is 12.4 Å². The molecule has 1 N–H and O–H groups in total. The van der Waals surface area contributed by atoms with Crippen molar-refractivity contribution in [1.29, 1.82) is 0 Å². The molecule has 29 heavy (non-hydrogen) atoms. The summed E-state index contributed by atoms with van der Waals surface area (Å²) in [5.74, 6) is 1.29. The molecule has 1 aliphatic heterocycles. The smallest absolute Gasteiger partial charge is 0.223 e. The summed E-state index contributed by atoms with van der Waals surface area (Å²) >= 11 is 0. The summed E-state index contributed by atoms with van der Waals surface area (Å²) < 4.78 is 2.04. The highest BCUT2D eigenvalue weighted by Gasteiger charge is 2.39. The Morgan fingerprint density at radius 3 is 2.69 bits per heavy atom. The predicted molar refractivity (Wildman–Crippen MR) is 118 cm³/mol. The lowest BCUT2D eigenvalue weighted by Gasteiger charge is -2.38. The van der Waals surface area contributed by atoms with Gasteiger partial charge in [-0.3, -0.25) is 4.79 Å². The van der Waals surface area contributed by atoms with E-state index in [0.717, 1.165) is 38.3 Å². The van der Waals surface area contributed by atoms with E-state index in [1.54, 1.807) is 0 Å². The highest BCUT2D eigenvalue weighted by molar-refractivity contribution is 5.85. The number of imidazole rings is 1. The number of carbonyl (C=O) groups excluding carboxylic acids is 1. The Bertz CT molecular complexity index is 785. The summed E-state index contributed by atoms with van der Waals surface area (Å²) in [5.41, 5.74) is 1.55. The Kier molecular flexibility index (Phi) is 7.36. The fourth-order valence-electron chi connectivity index (χ4n) is 5.05. The van der Waals surface area contributed by atoms with Gasteiger partial charge in [-0.25, -0.2) is 4.98 Å². The van der Waals surface area contributed by atoms with Crippen LogP contribution in [0.2, 0.25) is 0 Å². The first-order valence-corrected chi connectivity index (χ1v) is 10.7. The lowest BCUT2D eigenvalue weighted by atomic mass is 9.77. The molecule has 1 saturated heterocycles. The number of hydrogen-bond acceptors (Lipinski definition) is 3. The van der Waals surface area contributed by atoms with Gasteiger partial charge in [-0.2, -0.15) is 0 Å². The molecule has 0 bridgehead atoms. The van der Waals surface area contributed by atoms with E-state index in [1.807, 2.05) is 24.0 Å². The van der Waals surface area contributed by atoms with Crippen molar-refractivity contribution in [3.63, 3.8) is 0 Å². The number of piperazine rings is 1. The minimum atomic E-state index is 0. The van der Waals surface area contributed by atoms with Crippen LogP contribution in [-0.4, -0.2) is 40.0 Å². The number of aromatic nitrogens is 2. The second-order valence-electron chi connectivity index (χ2n) is 8.57. The molecule has 2 heterocycles. The average molecular weight is 417 g/mol. The molecule has 5 nitrogen and oxygen atoms in total. The topological polar surface area (TPSA) is 50.2 Å². The quantitative estimate of drug-likeness (QED) is 0.776. The Morgan fingerprint density at radius 2 is 2.00 bits per heavy atom. The fraction of sp³-hybridized carbons (Fsp3) is 0.565. The summed E-state index contributed by atoms with van der Waals surface area (Å²) in [6.07, 6.45) is 11.5. The maximum Gasteiger partial charge on any atom is 0.223 e. The van der Waals surface area contributed by atoms with Crippen molar-refractivity contribution < 1.29 is 4.79 Å². The zero-order chi connectivity index (χ0) is 19.4. The van der Waals surface area contributed by atoms with Gasteiger partial charge in [0.1, 0.15) is 11.9 Å². The summed E-state index contributed by atoms with van der Waals surface area (Å²) in [6.45, 7) is 2.42. The van der Waals surface area contributed by atoms with E-state index >= 15 is 0 Å². The summed E-state index contributed by atoms with van der Waals surface area (Å²) in [4.78, 5) is 20.1. The molecule has 1 aromatic carbocycles. The Labute approximate surface area is 180 Å². The molecule has 1 unspecified atom stereocenters. The first kappa shape index (κ1) is 21.8. The van der Waals surface area contributed by atoms with Crippen LogP contribution in [0, 0.1) is 5.41 Å². The minimum Gasteiger partial charge on any atom is -0.336 e. The number of nitrogens with one attached hydrogen (secondary N) is 1. The van der Waals surface area contributed by atoms with E-state index in [2.05, 4.69) is 45.5 Å². The molecule has 158 valence electrons. The first-order chi connectivity index (χ1) is 13.7. The van der Waals surface area contributed by atoms with Gasteiger partial charge in [-0.1, -0.05) is 43.2 Å². The van der Waals surface area contributed by atoms with E-state index in [1.165, 1.54) is 31.2 Å². The molecule has 6 heteroatoms. The fourth-order valence-corrected chi connectivity index (χ4v) is 5.05. The molecule has 1 aromatic heterocycles. The van der Waals surface area contributed by atoms with E-state index in [9.17, 15) is 4.79 Å². The number of hydrogen-bond donors (Lipinski definition) is 1. The van der Waals surface area contributed by atoms with Crippen LogP contribution in [0.3, 0.4) is 0 Å². The van der Waals surface area contributed by atoms with E-state index in [0.29, 0.717) is 12.3 Å². The van der Waals surface area contributed by atoms with Crippen molar-refractivity contribution in [2.45, 2.75) is 51.0 Å². The Balaban J connectivity index is 0.00000240. The average Bonchev–Trinajstić information content (AvgIpc) is 3.36. The number of nitrogens with zero attached hydrogens (tertiary/aromatic N) is 3. The second kappa shape index (κ2) is 9.77. The number of amides is 1. The third-order valence-electron chi connectivity index (χ3n) is 6.70. The Hall–Kier alpha value is -1.85. The molecule has 1 atom stereocenters. The highest BCUT2D eigenvalue weighted by atomic mass is 35.5. The van der Waals surface area contributed by atoms with Gasteiger partial charge in [0, 0.05) is 45.5 Å². The molecule has 1 saturated carbocycles. The van der Waals surface area contributed by atoms with Gasteiger partial charge in [-0.15, -0.1) is 12.4 Å². The van der Waals surface area contributed by atoms with Crippen LogP contribution < -0.4 is 5.32 Å². The van der Waals surface area contributed by atoms with Gasteiger partial charge in [0.2, 0.25) is 5.91 Å². The van der Waals surface area contributed by atoms with Crippen molar-refractivity contribution in [2.24, 2.45) is 12.5 Å². The Morgan fingerprint density at radius 1 is 1.24 bits per heavy atom. The predicted octanol–water partition coefficient (Wildman–Crippen LogP) is 3.90. The van der Waals surface area contributed by atoms with Gasteiger partial charge < -0.3 is 14.8 Å². The molecule has 1 aliphatic carbocycles. The van der Waals surface area contributed by atoms with Crippen LogP contribution in [0.5, 0.6) is 0 Å². The molecular weight excluding hydrogens is 384 g/mol. The maximum absolute atomic E-state index is 13.4. The van der Waals surface area contributed by atoms with Crippen LogP contribution in [0.25, 0.3) is 0 Å². The molecule has 2 aromatic rings. The molecule has 2 aliphatic rings. The molecule has 4 rings (SSSR count). The monoisotopic (exact) mass is 416 g/mol. The largest absolute Gasteiger partial charge is 0.336 e. The molecule has 1 amide bonds. The third kappa shape index (κ3) is 5.01. The summed E-state index contributed by atoms with van der Waals surface area (Å²) in [5, 5.41) is 3.44. The van der Waals surface area contributed by atoms with Gasteiger partial charge in [0.05, 0.1) is 0 Å². The van der Waals surface area contributed by atoms with Crippen molar-refractivity contribution in [1.82, 2.24) is 19.8 Å². The zero-order valence-corrected chi connectivity index (χ0v) is 18.2. The number of rotatable bonds is 6. The van der Waals surface area contributed by atoms with Crippen molar-refractivity contribution in [3.05, 3.63) is 54.1 Å². The standard InChI is InChI=1S/C23H32N4O.ClH/c1-26-15-14-25-22(26)20-18-24-13-16-27(20)21(28)17-23(10-5-6-11-23)12-9-19-7-3-2-4-8-19;/h2-4,7-8,14-15,20,24H,5-6,9-13,16-18H2,1H3;1H. The molecule has 0 spiro atoms. The molecule has 2 fully saturated rings. The zero-order valence-electron chi connectivity index (χ0n) is 17.3. The van der Waals surface area contributed by atoms with Gasteiger partial charge in [-0.05, 0) is 36.7 Å². The highest BCUT2D eigenvalue weighted by Crippen LogP contribution is 2.45. The van der Waals surface area contributed by atoms with E-state index in [-0.39, 0.29) is 23.9 Å². The maximum atomic E-state index is 13.4. The number of halogens is 1. The molecular formula is C23H33ClN4O. The van der Waals surface area contributed by atoms with Gasteiger partial charge in [0.15, 0.2) is 0 Å². The van der Waals surface area contributed by atoms with Gasteiger partial charge >= 0.3 is 0 Å². The number of aryl methyl sites for hydroxylation is 2. The van der Waals surface area contributed by atoms with Crippen molar-refractivity contribution in [2.75, 3.05) is 19.6 Å². The lowest BCUT2D eigenvalue weighted by molar-refractivity contribution is -0.137. The van der Waals surface area contributed by atoms with Crippen LogP contribution in [0.1, 0.15) is 56.0 Å². The summed E-state index contributed by atoms with van der Waals surface area (Å²) in [7, 11) is 2.01. The van der Waals surface area contributed by atoms with E-state index < -0.39 is 0 Å². The number of carbonyl (C=O) groups is 1. The van der Waals surface area contributed by atoms with Gasteiger partial charge in [0.25, 0.3) is 0 Å². The SMILES string of the molecule is Cl.Cn1ccnc1C1CNCCN1C(=O)CC1(CCc2ccccc2)CCCC1. The van der Waals surface area contributed by atoms with Crippen LogP contribution in [0.4, 0.5) is 0 Å². The number of benzene rings is 1. The van der Waals surface area contributed by atoms with Crippen molar-refractivity contribution in [3.8, 4) is 0 Å². The second-order valence-corrected chi connectivity index (χ2v) is 8.57. The van der Waals surface area contributed by atoms with E-state index in [4.69, 9.17) is 0 Å². The minimum absolute atomic E-state index is 0.